The van der Waals surface area contributed by atoms with Crippen LogP contribution in [0, 0.1) is 0 Å². The minimum absolute atomic E-state index is 0.637. The molecule has 0 aliphatic heterocycles. The van der Waals surface area contributed by atoms with Gasteiger partial charge in [-0.15, -0.1) is 0 Å². The topological polar surface area (TPSA) is 53.1 Å². The first-order valence-corrected chi connectivity index (χ1v) is 7.89. The summed E-state index contributed by atoms with van der Waals surface area (Å²) in [6.45, 7) is 2.08. The van der Waals surface area contributed by atoms with Gasteiger partial charge in [-0.2, -0.15) is 5.10 Å². The predicted octanol–water partition coefficient (Wildman–Crippen LogP) is 3.21. The molecule has 0 radical (unpaired) electrons. The van der Waals surface area contributed by atoms with E-state index in [0.717, 1.165) is 29.2 Å². The van der Waals surface area contributed by atoms with E-state index in [-0.39, 0.29) is 0 Å². The summed E-state index contributed by atoms with van der Waals surface area (Å²) >= 11 is 6.47. The number of rotatable bonds is 4. The maximum absolute atomic E-state index is 5.02. The van der Waals surface area contributed by atoms with Crippen molar-refractivity contribution in [3.63, 3.8) is 0 Å². The zero-order valence-electron chi connectivity index (χ0n) is 11.4. The third kappa shape index (κ3) is 3.68. The smallest absolute Gasteiger partial charge is 0.153 e. The number of hydrogen-bond donors (Lipinski definition) is 2. The Morgan fingerprint density at radius 1 is 1.45 bits per heavy atom. The lowest BCUT2D eigenvalue weighted by atomic mass is 10.2. The number of aromatic amines is 1. The number of aromatic nitrogens is 2. The van der Waals surface area contributed by atoms with Crippen LogP contribution >= 0.6 is 24.0 Å². The largest absolute Gasteiger partial charge is 0.341 e. The number of aryl methyl sites for hydroxylation is 1. The molecular weight excluding hydrogens is 288 g/mol. The van der Waals surface area contributed by atoms with Gasteiger partial charge in [-0.1, -0.05) is 61.2 Å². The highest BCUT2D eigenvalue weighted by Gasteiger charge is 2.08. The number of imidazole rings is 1. The third-order valence-electron chi connectivity index (χ3n) is 2.74. The van der Waals surface area contributed by atoms with Crippen LogP contribution in [-0.4, -0.2) is 26.8 Å². The molecule has 0 saturated carbocycles. The second kappa shape index (κ2) is 7.21. The Morgan fingerprint density at radius 3 is 2.85 bits per heavy atom. The van der Waals surface area contributed by atoms with Crippen molar-refractivity contribution in [2.24, 2.45) is 5.10 Å². The fourth-order valence-corrected chi connectivity index (χ4v) is 1.92. The van der Waals surface area contributed by atoms with E-state index < -0.39 is 0 Å². The molecule has 0 unspecified atom stereocenters. The highest BCUT2D eigenvalue weighted by Crippen LogP contribution is 2.17. The Kier molecular flexibility index (Phi) is 5.31. The Morgan fingerprint density at radius 2 is 2.20 bits per heavy atom. The number of H-pyrrole nitrogens is 1. The second-order valence-electron chi connectivity index (χ2n) is 4.03. The van der Waals surface area contributed by atoms with Crippen molar-refractivity contribution in [2.45, 2.75) is 13.3 Å². The van der Waals surface area contributed by atoms with Gasteiger partial charge in [0.2, 0.25) is 0 Å². The average molecular weight is 304 g/mol. The van der Waals surface area contributed by atoms with Crippen LogP contribution in [0.4, 0.5) is 0 Å². The minimum Gasteiger partial charge on any atom is -0.341 e. The molecule has 0 spiro atoms. The lowest BCUT2D eigenvalue weighted by Gasteiger charge is -1.96. The number of thioether (sulfide) groups is 1. The third-order valence-corrected chi connectivity index (χ3v) is 3.79. The first-order chi connectivity index (χ1) is 9.74. The van der Waals surface area contributed by atoms with Gasteiger partial charge in [-0.3, -0.25) is 5.43 Å². The molecule has 0 aliphatic carbocycles. The van der Waals surface area contributed by atoms with E-state index in [2.05, 4.69) is 27.4 Å². The predicted molar refractivity (Wildman–Crippen MR) is 90.2 cm³/mol. The highest BCUT2D eigenvalue weighted by molar-refractivity contribution is 8.22. The molecule has 0 atom stereocenters. The highest BCUT2D eigenvalue weighted by atomic mass is 32.2. The first kappa shape index (κ1) is 14.7. The Labute approximate surface area is 128 Å². The fraction of sp³-hybridized carbons (Fsp3) is 0.214. The fourth-order valence-electron chi connectivity index (χ4n) is 1.72. The van der Waals surface area contributed by atoms with Crippen LogP contribution in [0.5, 0.6) is 0 Å². The van der Waals surface area contributed by atoms with E-state index in [0.29, 0.717) is 4.32 Å². The molecule has 0 bridgehead atoms. The van der Waals surface area contributed by atoms with Crippen molar-refractivity contribution in [1.29, 1.82) is 0 Å². The molecule has 1 heterocycles. The van der Waals surface area contributed by atoms with Crippen LogP contribution in [0.25, 0.3) is 11.4 Å². The van der Waals surface area contributed by atoms with Gasteiger partial charge in [-0.05, 0) is 12.7 Å². The summed E-state index contributed by atoms with van der Waals surface area (Å²) in [7, 11) is 0. The maximum atomic E-state index is 5.02. The Bertz CT molecular complexity index is 605. The molecule has 6 heteroatoms. The van der Waals surface area contributed by atoms with Crippen LogP contribution in [0.1, 0.15) is 18.3 Å². The lowest BCUT2D eigenvalue weighted by Crippen LogP contribution is -2.10. The number of nitrogens with one attached hydrogen (secondary N) is 2. The molecule has 2 N–H and O–H groups in total. The van der Waals surface area contributed by atoms with Gasteiger partial charge in [0.15, 0.2) is 4.32 Å². The second-order valence-corrected chi connectivity index (χ2v) is 5.51. The van der Waals surface area contributed by atoms with E-state index in [1.807, 2.05) is 36.6 Å². The summed E-state index contributed by atoms with van der Waals surface area (Å²) in [5.41, 5.74) is 5.75. The van der Waals surface area contributed by atoms with Crippen molar-refractivity contribution >= 4 is 34.5 Å². The number of hydrogen-bond acceptors (Lipinski definition) is 4. The van der Waals surface area contributed by atoms with Gasteiger partial charge in [0.05, 0.1) is 6.21 Å². The molecule has 2 rings (SSSR count). The maximum Gasteiger partial charge on any atom is 0.153 e. The van der Waals surface area contributed by atoms with E-state index >= 15 is 0 Å². The molecule has 0 amide bonds. The van der Waals surface area contributed by atoms with E-state index in [1.165, 1.54) is 11.8 Å². The van der Waals surface area contributed by atoms with Crippen LogP contribution in [-0.2, 0) is 6.42 Å². The first-order valence-electron chi connectivity index (χ1n) is 6.26. The summed E-state index contributed by atoms with van der Waals surface area (Å²) < 4.78 is 0.637. The Balaban J connectivity index is 2.21. The molecular formula is C14H16N4S2. The van der Waals surface area contributed by atoms with Crippen molar-refractivity contribution in [3.05, 3.63) is 41.7 Å². The molecule has 20 heavy (non-hydrogen) atoms. The van der Waals surface area contributed by atoms with E-state index in [4.69, 9.17) is 12.2 Å². The standard InChI is InChI=1S/C14H16N4S2/c1-3-11-12(9-15-18-14(19)20-2)17-13(16-11)10-7-5-4-6-8-10/h4-9H,3H2,1-2H3,(H,16,17)(H,18,19)/b15-9-. The summed E-state index contributed by atoms with van der Waals surface area (Å²) in [4.78, 5) is 7.91. The van der Waals surface area contributed by atoms with Gasteiger partial charge >= 0.3 is 0 Å². The minimum atomic E-state index is 0.637. The number of nitrogens with zero attached hydrogens (tertiary/aromatic N) is 2. The quantitative estimate of drug-likeness (QED) is 0.517. The zero-order valence-corrected chi connectivity index (χ0v) is 13.0. The molecule has 1 aromatic carbocycles. The molecule has 0 aliphatic rings. The monoisotopic (exact) mass is 304 g/mol. The van der Waals surface area contributed by atoms with Crippen molar-refractivity contribution < 1.29 is 0 Å². The summed E-state index contributed by atoms with van der Waals surface area (Å²) in [5, 5.41) is 4.11. The molecule has 104 valence electrons. The molecule has 2 aromatic rings. The lowest BCUT2D eigenvalue weighted by molar-refractivity contribution is 1.05. The van der Waals surface area contributed by atoms with Crippen molar-refractivity contribution in [3.8, 4) is 11.4 Å². The number of hydrazone groups is 1. The molecule has 0 saturated heterocycles. The average Bonchev–Trinajstić information content (AvgIpc) is 2.91. The number of thiocarbonyl (C=S) groups is 1. The molecule has 0 fully saturated rings. The van der Waals surface area contributed by atoms with E-state index in [1.54, 1.807) is 6.21 Å². The van der Waals surface area contributed by atoms with Gasteiger partial charge < -0.3 is 4.98 Å². The molecule has 4 nitrogen and oxygen atoms in total. The van der Waals surface area contributed by atoms with Crippen LogP contribution in [0.15, 0.2) is 35.4 Å². The molecule has 1 aromatic heterocycles. The van der Waals surface area contributed by atoms with Gasteiger partial charge in [-0.25, -0.2) is 4.98 Å². The van der Waals surface area contributed by atoms with Crippen LogP contribution in [0.2, 0.25) is 0 Å². The van der Waals surface area contributed by atoms with E-state index in [9.17, 15) is 0 Å². The van der Waals surface area contributed by atoms with Gasteiger partial charge in [0.25, 0.3) is 0 Å². The van der Waals surface area contributed by atoms with Gasteiger partial charge in [0.1, 0.15) is 11.5 Å². The normalized spacial score (nSPS) is 10.9. The summed E-state index contributed by atoms with van der Waals surface area (Å²) in [5.74, 6) is 0.858. The van der Waals surface area contributed by atoms with Crippen molar-refractivity contribution in [2.75, 3.05) is 6.26 Å². The summed E-state index contributed by atoms with van der Waals surface area (Å²) in [6.07, 6.45) is 4.48. The Hall–Kier alpha value is -1.66. The van der Waals surface area contributed by atoms with Gasteiger partial charge in [0, 0.05) is 11.3 Å². The summed E-state index contributed by atoms with van der Waals surface area (Å²) in [6, 6.07) is 10.0. The van der Waals surface area contributed by atoms with Crippen LogP contribution < -0.4 is 5.43 Å². The van der Waals surface area contributed by atoms with Crippen molar-refractivity contribution in [1.82, 2.24) is 15.4 Å². The number of benzene rings is 1. The SMILES string of the molecule is CCc1[nH]c(-c2ccccc2)nc1/C=N\NC(=S)SC. The zero-order chi connectivity index (χ0) is 14.4. The van der Waals surface area contributed by atoms with Crippen LogP contribution in [0.3, 0.4) is 0 Å².